The Morgan fingerprint density at radius 1 is 1.23 bits per heavy atom. The maximum Gasteiger partial charge on any atom is 0.234 e. The number of aromatic nitrogens is 3. The molecule has 3 aromatic rings. The molecule has 156 valence electrons. The number of thioether (sulfide) groups is 1. The van der Waals surface area contributed by atoms with Crippen molar-refractivity contribution < 1.29 is 13.9 Å². The van der Waals surface area contributed by atoms with E-state index in [1.807, 2.05) is 12.1 Å². The monoisotopic (exact) mass is 466 g/mol. The first-order chi connectivity index (χ1) is 14.5. The number of allylic oxidation sites excluding steroid dienone is 1. The van der Waals surface area contributed by atoms with Crippen molar-refractivity contribution in [1.29, 1.82) is 0 Å². The van der Waals surface area contributed by atoms with Crippen molar-refractivity contribution in [3.8, 4) is 5.75 Å². The minimum atomic E-state index is -0.548. The molecule has 0 saturated heterocycles. The van der Waals surface area contributed by atoms with Gasteiger partial charge in [0.25, 0.3) is 0 Å². The Hall–Kier alpha value is -2.55. The van der Waals surface area contributed by atoms with Crippen LogP contribution >= 0.6 is 35.0 Å². The Balaban J connectivity index is 1.62. The summed E-state index contributed by atoms with van der Waals surface area (Å²) in [4.78, 5) is 12.2. The van der Waals surface area contributed by atoms with Crippen LogP contribution in [0.3, 0.4) is 0 Å². The van der Waals surface area contributed by atoms with Gasteiger partial charge in [-0.05, 0) is 30.3 Å². The van der Waals surface area contributed by atoms with Crippen molar-refractivity contribution in [1.82, 2.24) is 14.8 Å². The van der Waals surface area contributed by atoms with E-state index in [0.717, 1.165) is 0 Å². The number of carbonyl (C=O) groups excluding carboxylic acids is 1. The predicted molar refractivity (Wildman–Crippen MR) is 117 cm³/mol. The van der Waals surface area contributed by atoms with E-state index in [2.05, 4.69) is 22.1 Å². The molecule has 0 atom stereocenters. The average molecular weight is 467 g/mol. The molecule has 2 aromatic carbocycles. The van der Waals surface area contributed by atoms with Crippen molar-refractivity contribution >= 4 is 46.6 Å². The maximum atomic E-state index is 13.2. The third kappa shape index (κ3) is 5.75. The topological polar surface area (TPSA) is 69.0 Å². The van der Waals surface area contributed by atoms with Crippen LogP contribution in [0, 0.1) is 5.82 Å². The molecule has 0 fully saturated rings. The Morgan fingerprint density at radius 2 is 2.03 bits per heavy atom. The van der Waals surface area contributed by atoms with Crippen LogP contribution in [0.5, 0.6) is 5.75 Å². The number of hydrogen-bond donors (Lipinski definition) is 1. The molecule has 0 radical (unpaired) electrons. The fourth-order valence-electron chi connectivity index (χ4n) is 2.45. The molecule has 6 nitrogen and oxygen atoms in total. The third-order valence-electron chi connectivity index (χ3n) is 3.83. The second kappa shape index (κ2) is 10.5. The van der Waals surface area contributed by atoms with E-state index in [0.29, 0.717) is 34.0 Å². The second-order valence-corrected chi connectivity index (χ2v) is 7.74. The SMILES string of the molecule is C=CCn1c(COc2ccccc2Cl)nnc1SCC(=O)Nc1ccc(F)c(Cl)c1. The van der Waals surface area contributed by atoms with Crippen molar-refractivity contribution in [2.75, 3.05) is 11.1 Å². The predicted octanol–water partition coefficient (Wildman–Crippen LogP) is 5.22. The molecule has 1 aromatic heterocycles. The fraction of sp³-hybridized carbons (Fsp3) is 0.150. The highest BCUT2D eigenvalue weighted by atomic mass is 35.5. The zero-order valence-electron chi connectivity index (χ0n) is 15.6. The number of nitrogens with one attached hydrogen (secondary N) is 1. The molecule has 0 saturated carbocycles. The number of carbonyl (C=O) groups is 1. The van der Waals surface area contributed by atoms with Gasteiger partial charge in [-0.1, -0.05) is 53.2 Å². The lowest BCUT2D eigenvalue weighted by molar-refractivity contribution is -0.113. The van der Waals surface area contributed by atoms with Crippen LogP contribution in [0.25, 0.3) is 0 Å². The van der Waals surface area contributed by atoms with Gasteiger partial charge in [0, 0.05) is 12.2 Å². The summed E-state index contributed by atoms with van der Waals surface area (Å²) in [5, 5.41) is 11.9. The lowest BCUT2D eigenvalue weighted by Gasteiger charge is -2.10. The van der Waals surface area contributed by atoms with Crippen LogP contribution in [0.2, 0.25) is 10.0 Å². The molecule has 1 N–H and O–H groups in total. The fourth-order valence-corrected chi connectivity index (χ4v) is 3.59. The van der Waals surface area contributed by atoms with Crippen molar-refractivity contribution in [3.63, 3.8) is 0 Å². The Kier molecular flexibility index (Phi) is 7.73. The minimum absolute atomic E-state index is 0.0608. The second-order valence-electron chi connectivity index (χ2n) is 5.98. The molecule has 0 aliphatic rings. The van der Waals surface area contributed by atoms with E-state index in [1.54, 1.807) is 22.8 Å². The van der Waals surface area contributed by atoms with Gasteiger partial charge in [-0.2, -0.15) is 0 Å². The van der Waals surface area contributed by atoms with E-state index in [9.17, 15) is 9.18 Å². The smallest absolute Gasteiger partial charge is 0.234 e. The number of rotatable bonds is 9. The molecule has 0 aliphatic carbocycles. The highest BCUT2D eigenvalue weighted by Crippen LogP contribution is 2.25. The summed E-state index contributed by atoms with van der Waals surface area (Å²) < 4.78 is 20.8. The van der Waals surface area contributed by atoms with E-state index in [1.165, 1.54) is 30.0 Å². The maximum absolute atomic E-state index is 13.2. The number of anilines is 1. The molecular weight excluding hydrogens is 450 g/mol. The zero-order chi connectivity index (χ0) is 21.5. The molecule has 1 amide bonds. The normalized spacial score (nSPS) is 10.6. The number of amides is 1. The van der Waals surface area contributed by atoms with E-state index < -0.39 is 5.82 Å². The summed E-state index contributed by atoms with van der Waals surface area (Å²) in [5.41, 5.74) is 0.411. The summed E-state index contributed by atoms with van der Waals surface area (Å²) in [6, 6.07) is 11.1. The quantitative estimate of drug-likeness (QED) is 0.345. The Bertz CT molecular complexity index is 1060. The molecular formula is C20H17Cl2FN4O2S. The van der Waals surface area contributed by atoms with Gasteiger partial charge in [-0.15, -0.1) is 16.8 Å². The summed E-state index contributed by atoms with van der Waals surface area (Å²) >= 11 is 13.0. The van der Waals surface area contributed by atoms with Crippen molar-refractivity contribution in [2.45, 2.75) is 18.3 Å². The van der Waals surface area contributed by atoms with E-state index in [4.69, 9.17) is 27.9 Å². The highest BCUT2D eigenvalue weighted by Gasteiger charge is 2.15. The third-order valence-corrected chi connectivity index (χ3v) is 5.40. The van der Waals surface area contributed by atoms with Gasteiger partial charge in [0.2, 0.25) is 5.91 Å². The van der Waals surface area contributed by atoms with Crippen LogP contribution in [0.15, 0.2) is 60.3 Å². The number of ether oxygens (including phenoxy) is 1. The summed E-state index contributed by atoms with van der Waals surface area (Å²) in [6.07, 6.45) is 1.70. The van der Waals surface area contributed by atoms with Gasteiger partial charge in [0.1, 0.15) is 18.2 Å². The van der Waals surface area contributed by atoms with Crippen molar-refractivity contribution in [3.05, 3.63) is 76.8 Å². The number of halogens is 3. The Labute approximate surface area is 187 Å². The summed E-state index contributed by atoms with van der Waals surface area (Å²) in [6.45, 7) is 4.35. The van der Waals surface area contributed by atoms with Crippen LogP contribution in [0.1, 0.15) is 5.82 Å². The largest absolute Gasteiger partial charge is 0.484 e. The first kappa shape index (κ1) is 22.1. The van der Waals surface area contributed by atoms with Gasteiger partial charge in [-0.3, -0.25) is 9.36 Å². The van der Waals surface area contributed by atoms with Crippen LogP contribution in [-0.4, -0.2) is 26.4 Å². The standard InChI is InChI=1S/C20H17Cl2FN4O2S/c1-2-9-27-18(11-29-17-6-4-3-5-14(17)21)25-26-20(27)30-12-19(28)24-13-7-8-16(23)15(22)10-13/h2-8,10H,1,9,11-12H2,(H,24,28). The lowest BCUT2D eigenvalue weighted by atomic mass is 10.3. The van der Waals surface area contributed by atoms with Crippen LogP contribution in [0.4, 0.5) is 10.1 Å². The lowest BCUT2D eigenvalue weighted by Crippen LogP contribution is -2.15. The van der Waals surface area contributed by atoms with Gasteiger partial charge < -0.3 is 10.1 Å². The molecule has 3 rings (SSSR count). The Morgan fingerprint density at radius 3 is 2.77 bits per heavy atom. The van der Waals surface area contributed by atoms with Gasteiger partial charge in [0.15, 0.2) is 11.0 Å². The zero-order valence-corrected chi connectivity index (χ0v) is 18.0. The summed E-state index contributed by atoms with van der Waals surface area (Å²) in [7, 11) is 0. The molecule has 30 heavy (non-hydrogen) atoms. The van der Waals surface area contributed by atoms with E-state index >= 15 is 0 Å². The molecule has 10 heteroatoms. The van der Waals surface area contributed by atoms with Gasteiger partial charge in [-0.25, -0.2) is 4.39 Å². The first-order valence-corrected chi connectivity index (χ1v) is 10.5. The summed E-state index contributed by atoms with van der Waals surface area (Å²) in [5.74, 6) is 0.357. The molecule has 1 heterocycles. The average Bonchev–Trinajstić information content (AvgIpc) is 3.10. The van der Waals surface area contributed by atoms with Gasteiger partial charge in [0.05, 0.1) is 15.8 Å². The number of nitrogens with zero attached hydrogens (tertiary/aromatic N) is 3. The van der Waals surface area contributed by atoms with Crippen LogP contribution < -0.4 is 10.1 Å². The number of para-hydroxylation sites is 1. The first-order valence-electron chi connectivity index (χ1n) is 8.76. The van der Waals surface area contributed by atoms with Gasteiger partial charge >= 0.3 is 0 Å². The molecule has 0 aliphatic heterocycles. The van der Waals surface area contributed by atoms with E-state index in [-0.39, 0.29) is 23.3 Å². The number of hydrogen-bond acceptors (Lipinski definition) is 5. The molecule has 0 unspecified atom stereocenters. The minimum Gasteiger partial charge on any atom is -0.484 e. The molecule has 0 spiro atoms. The molecule has 0 bridgehead atoms. The van der Waals surface area contributed by atoms with Crippen LogP contribution in [-0.2, 0) is 17.9 Å². The number of benzene rings is 2. The highest BCUT2D eigenvalue weighted by molar-refractivity contribution is 7.99. The van der Waals surface area contributed by atoms with Crippen molar-refractivity contribution in [2.24, 2.45) is 0 Å².